The van der Waals surface area contributed by atoms with Gasteiger partial charge in [0, 0.05) is 13.1 Å². The van der Waals surface area contributed by atoms with Crippen molar-refractivity contribution < 1.29 is 4.74 Å². The Balaban J connectivity index is 2.13. The Morgan fingerprint density at radius 1 is 1.10 bits per heavy atom. The van der Waals surface area contributed by atoms with E-state index in [-0.39, 0.29) is 6.10 Å². The number of nitrogens with zero attached hydrogens (tertiary/aromatic N) is 3. The van der Waals surface area contributed by atoms with Crippen LogP contribution in [0.1, 0.15) is 46.5 Å². The molecule has 0 bridgehead atoms. The molecule has 2 atom stereocenters. The molecule has 2 rings (SSSR count). The van der Waals surface area contributed by atoms with E-state index >= 15 is 0 Å². The smallest absolute Gasteiger partial charge is 0.323 e. The molecule has 0 spiro atoms. The normalized spacial score (nSPS) is 22.6. The third kappa shape index (κ3) is 3.95. The van der Waals surface area contributed by atoms with Crippen molar-refractivity contribution in [3.63, 3.8) is 0 Å². The zero-order valence-corrected chi connectivity index (χ0v) is 12.8. The fraction of sp³-hybridized carbons (Fsp3) is 0.786. The monoisotopic (exact) mass is 279 g/mol. The van der Waals surface area contributed by atoms with E-state index in [2.05, 4.69) is 32.5 Å². The van der Waals surface area contributed by atoms with Crippen molar-refractivity contribution in [2.75, 3.05) is 17.7 Å². The minimum atomic E-state index is 0.0450. The highest BCUT2D eigenvalue weighted by molar-refractivity contribution is 5.36. The first-order valence-electron chi connectivity index (χ1n) is 7.45. The van der Waals surface area contributed by atoms with Crippen molar-refractivity contribution in [3.8, 4) is 6.01 Å². The lowest BCUT2D eigenvalue weighted by atomic mass is 9.86. The molecule has 0 saturated heterocycles. The lowest BCUT2D eigenvalue weighted by molar-refractivity contribution is 0.222. The number of ether oxygens (including phenoxy) is 1. The fourth-order valence-electron chi connectivity index (χ4n) is 2.49. The first-order valence-corrected chi connectivity index (χ1v) is 7.45. The maximum atomic E-state index is 5.57. The van der Waals surface area contributed by atoms with Gasteiger partial charge in [0.1, 0.15) is 0 Å². The molecule has 6 nitrogen and oxygen atoms in total. The van der Waals surface area contributed by atoms with Gasteiger partial charge in [-0.1, -0.05) is 19.8 Å². The molecule has 1 saturated carbocycles. The third-order valence-corrected chi connectivity index (χ3v) is 3.61. The standard InChI is InChI=1S/C14H25N5O/c1-9(2)20-14-18-12(15-4)17-13(19-14)16-11-8-6-5-7-10(11)3/h9-11H,5-8H2,1-4H3,(H2,15,16,17,18,19). The minimum absolute atomic E-state index is 0.0450. The summed E-state index contributed by atoms with van der Waals surface area (Å²) < 4.78 is 5.57. The van der Waals surface area contributed by atoms with Gasteiger partial charge in [-0.25, -0.2) is 0 Å². The van der Waals surface area contributed by atoms with Crippen molar-refractivity contribution in [3.05, 3.63) is 0 Å². The zero-order valence-electron chi connectivity index (χ0n) is 12.8. The van der Waals surface area contributed by atoms with Crippen molar-refractivity contribution in [2.45, 2.75) is 58.6 Å². The van der Waals surface area contributed by atoms with Gasteiger partial charge in [-0.2, -0.15) is 15.0 Å². The van der Waals surface area contributed by atoms with Crippen LogP contribution in [-0.2, 0) is 0 Å². The summed E-state index contributed by atoms with van der Waals surface area (Å²) in [6.07, 6.45) is 5.06. The zero-order chi connectivity index (χ0) is 14.5. The number of anilines is 2. The summed E-state index contributed by atoms with van der Waals surface area (Å²) in [5, 5.41) is 6.38. The van der Waals surface area contributed by atoms with E-state index in [0.717, 1.165) is 0 Å². The summed E-state index contributed by atoms with van der Waals surface area (Å²) in [6.45, 7) is 6.20. The minimum Gasteiger partial charge on any atom is -0.461 e. The highest BCUT2D eigenvalue weighted by Crippen LogP contribution is 2.26. The molecule has 0 aliphatic heterocycles. The molecule has 1 aromatic heterocycles. The van der Waals surface area contributed by atoms with Crippen LogP contribution in [0.25, 0.3) is 0 Å². The topological polar surface area (TPSA) is 72.0 Å². The number of aromatic nitrogens is 3. The second kappa shape index (κ2) is 6.72. The van der Waals surface area contributed by atoms with Gasteiger partial charge in [0.2, 0.25) is 11.9 Å². The maximum absolute atomic E-state index is 5.57. The average Bonchev–Trinajstić information content (AvgIpc) is 2.40. The Labute approximate surface area is 120 Å². The molecular formula is C14H25N5O. The lowest BCUT2D eigenvalue weighted by Crippen LogP contribution is -2.31. The summed E-state index contributed by atoms with van der Waals surface area (Å²) in [6, 6.07) is 0.799. The summed E-state index contributed by atoms with van der Waals surface area (Å²) in [7, 11) is 1.79. The van der Waals surface area contributed by atoms with Crippen LogP contribution in [0.5, 0.6) is 6.01 Å². The Hall–Kier alpha value is -1.59. The number of nitrogens with one attached hydrogen (secondary N) is 2. The van der Waals surface area contributed by atoms with Crippen molar-refractivity contribution in [1.29, 1.82) is 0 Å². The molecule has 20 heavy (non-hydrogen) atoms. The van der Waals surface area contributed by atoms with E-state index in [1.807, 2.05) is 13.8 Å². The lowest BCUT2D eigenvalue weighted by Gasteiger charge is -2.29. The number of rotatable bonds is 5. The molecule has 1 aliphatic rings. The Morgan fingerprint density at radius 2 is 1.80 bits per heavy atom. The summed E-state index contributed by atoms with van der Waals surface area (Å²) >= 11 is 0. The molecule has 2 N–H and O–H groups in total. The van der Waals surface area contributed by atoms with E-state index in [1.54, 1.807) is 7.05 Å². The van der Waals surface area contributed by atoms with E-state index in [4.69, 9.17) is 4.74 Å². The van der Waals surface area contributed by atoms with Crippen LogP contribution in [0.2, 0.25) is 0 Å². The first-order chi connectivity index (χ1) is 9.58. The van der Waals surface area contributed by atoms with E-state index in [9.17, 15) is 0 Å². The summed E-state index contributed by atoms with van der Waals surface area (Å²) in [5.41, 5.74) is 0. The second-order valence-electron chi connectivity index (χ2n) is 5.69. The van der Waals surface area contributed by atoms with Crippen molar-refractivity contribution >= 4 is 11.9 Å². The Kier molecular flexibility index (Phi) is 4.98. The SMILES string of the molecule is CNc1nc(NC2CCCCC2C)nc(OC(C)C)n1. The first kappa shape index (κ1) is 14.8. The van der Waals surface area contributed by atoms with Gasteiger partial charge in [-0.3, -0.25) is 0 Å². The molecule has 1 heterocycles. The van der Waals surface area contributed by atoms with Crippen LogP contribution in [0, 0.1) is 5.92 Å². The van der Waals surface area contributed by atoms with Gasteiger partial charge >= 0.3 is 6.01 Å². The largest absolute Gasteiger partial charge is 0.461 e. The van der Waals surface area contributed by atoms with Crippen molar-refractivity contribution in [2.24, 2.45) is 5.92 Å². The molecule has 1 aromatic rings. The average molecular weight is 279 g/mol. The van der Waals surface area contributed by atoms with Gasteiger partial charge in [-0.05, 0) is 32.6 Å². The van der Waals surface area contributed by atoms with Gasteiger partial charge < -0.3 is 15.4 Å². The van der Waals surface area contributed by atoms with Crippen LogP contribution in [-0.4, -0.2) is 34.1 Å². The van der Waals surface area contributed by atoms with Gasteiger partial charge in [0.25, 0.3) is 0 Å². The molecule has 0 aromatic carbocycles. The highest BCUT2D eigenvalue weighted by atomic mass is 16.5. The van der Waals surface area contributed by atoms with E-state index < -0.39 is 0 Å². The molecule has 6 heteroatoms. The molecule has 0 radical (unpaired) electrons. The highest BCUT2D eigenvalue weighted by Gasteiger charge is 2.22. The molecule has 112 valence electrons. The molecule has 2 unspecified atom stereocenters. The van der Waals surface area contributed by atoms with Gasteiger partial charge in [0.05, 0.1) is 6.10 Å². The van der Waals surface area contributed by atoms with Crippen LogP contribution in [0.4, 0.5) is 11.9 Å². The van der Waals surface area contributed by atoms with Gasteiger partial charge in [0.15, 0.2) is 0 Å². The summed E-state index contributed by atoms with van der Waals surface area (Å²) in [5.74, 6) is 1.77. The maximum Gasteiger partial charge on any atom is 0.323 e. The van der Waals surface area contributed by atoms with Crippen LogP contribution in [0.3, 0.4) is 0 Å². The molecule has 1 fully saturated rings. The fourth-order valence-corrected chi connectivity index (χ4v) is 2.49. The molecular weight excluding hydrogens is 254 g/mol. The third-order valence-electron chi connectivity index (χ3n) is 3.61. The predicted octanol–water partition coefficient (Wildman–Crippen LogP) is 2.69. The van der Waals surface area contributed by atoms with E-state index in [0.29, 0.717) is 29.9 Å². The molecule has 0 amide bonds. The van der Waals surface area contributed by atoms with Gasteiger partial charge in [-0.15, -0.1) is 0 Å². The van der Waals surface area contributed by atoms with Crippen LogP contribution >= 0.6 is 0 Å². The van der Waals surface area contributed by atoms with E-state index in [1.165, 1.54) is 25.7 Å². The Bertz CT molecular complexity index is 438. The number of hydrogen-bond donors (Lipinski definition) is 2. The summed E-state index contributed by atoms with van der Waals surface area (Å²) in [4.78, 5) is 12.9. The van der Waals surface area contributed by atoms with Crippen LogP contribution < -0.4 is 15.4 Å². The second-order valence-corrected chi connectivity index (χ2v) is 5.69. The van der Waals surface area contributed by atoms with Crippen LogP contribution in [0.15, 0.2) is 0 Å². The van der Waals surface area contributed by atoms with Crippen molar-refractivity contribution in [1.82, 2.24) is 15.0 Å². The number of hydrogen-bond acceptors (Lipinski definition) is 6. The quantitative estimate of drug-likeness (QED) is 0.863. The predicted molar refractivity (Wildman–Crippen MR) is 80.2 cm³/mol. The Morgan fingerprint density at radius 3 is 2.45 bits per heavy atom. The molecule has 1 aliphatic carbocycles.